The van der Waals surface area contributed by atoms with Crippen LogP contribution in [0.1, 0.15) is 11.8 Å². The molecule has 0 saturated carbocycles. The Hall–Kier alpha value is -0.510. The van der Waals surface area contributed by atoms with E-state index in [-0.39, 0.29) is 0 Å². The van der Waals surface area contributed by atoms with Gasteiger partial charge in [0.05, 0.1) is 5.02 Å². The third kappa shape index (κ3) is 2.22. The van der Waals surface area contributed by atoms with Gasteiger partial charge in [-0.1, -0.05) is 11.6 Å². The van der Waals surface area contributed by atoms with E-state index in [1.807, 2.05) is 5.38 Å². The summed E-state index contributed by atoms with van der Waals surface area (Å²) in [7, 11) is 0. The molecule has 0 aliphatic carbocycles. The zero-order chi connectivity index (χ0) is 8.27. The van der Waals surface area contributed by atoms with Crippen LogP contribution in [-0.2, 0) is 0 Å². The van der Waals surface area contributed by atoms with E-state index in [1.54, 1.807) is 24.5 Å². The lowest BCUT2D eigenvalue weighted by atomic mass is 10.4. The minimum Gasteiger partial charge on any atom is -0.761 e. The first-order valence-corrected chi connectivity index (χ1v) is 4.29. The van der Waals surface area contributed by atoms with E-state index in [2.05, 4.69) is 0 Å². The monoisotopic (exact) mass is 188 g/mol. The van der Waals surface area contributed by atoms with Crippen LogP contribution in [0.4, 0.5) is 0 Å². The third-order valence-electron chi connectivity index (χ3n) is 1.15. The van der Waals surface area contributed by atoms with Crippen molar-refractivity contribution in [3.05, 3.63) is 32.3 Å². The third-order valence-corrected chi connectivity index (χ3v) is 2.46. The number of allylic oxidation sites excluding steroid dienone is 1. The molecule has 0 radical (unpaired) electrons. The van der Waals surface area contributed by atoms with Gasteiger partial charge in [0.25, 0.3) is 0 Å². The highest BCUT2D eigenvalue weighted by Gasteiger charge is 1.96. The molecule has 0 bridgehead atoms. The zero-order valence-electron chi connectivity index (χ0n) is 5.93. The normalized spacial score (nSPS) is 11.7. The SMILES string of the molecule is C/C(=C\c1sccc1Cl)N[O-]. The molecular formula is C7H7ClNOS-. The minimum atomic E-state index is 0.564. The summed E-state index contributed by atoms with van der Waals surface area (Å²) in [6.07, 6.45) is 1.72. The van der Waals surface area contributed by atoms with Crippen molar-refractivity contribution in [2.24, 2.45) is 0 Å². The summed E-state index contributed by atoms with van der Waals surface area (Å²) in [6.45, 7) is 1.70. The van der Waals surface area contributed by atoms with Gasteiger partial charge in [-0.05, 0) is 30.1 Å². The molecule has 1 rings (SSSR count). The molecule has 1 heterocycles. The molecule has 11 heavy (non-hydrogen) atoms. The standard InChI is InChI=1S/C7H7ClNOS/c1-5(9-10)4-7-6(8)2-3-11-7/h2-4,9H,1H3/q-1/b5-4+. The maximum absolute atomic E-state index is 10.1. The van der Waals surface area contributed by atoms with Crippen LogP contribution < -0.4 is 5.48 Å². The van der Waals surface area contributed by atoms with Gasteiger partial charge >= 0.3 is 0 Å². The lowest BCUT2D eigenvalue weighted by Crippen LogP contribution is -1.97. The lowest BCUT2D eigenvalue weighted by molar-refractivity contribution is 1.09. The smallest absolute Gasteiger partial charge is 0.0586 e. The summed E-state index contributed by atoms with van der Waals surface area (Å²) in [5.74, 6) is 0. The van der Waals surface area contributed by atoms with Crippen LogP contribution in [0.2, 0.25) is 5.02 Å². The quantitative estimate of drug-likeness (QED) is 0.725. The zero-order valence-corrected chi connectivity index (χ0v) is 7.50. The molecule has 1 aromatic rings. The van der Waals surface area contributed by atoms with Crippen LogP contribution in [-0.4, -0.2) is 0 Å². The Kier molecular flexibility index (Phi) is 2.93. The first-order chi connectivity index (χ1) is 5.24. The van der Waals surface area contributed by atoms with Crippen molar-refractivity contribution in [1.82, 2.24) is 5.48 Å². The highest BCUT2D eigenvalue weighted by Crippen LogP contribution is 2.23. The second kappa shape index (κ2) is 3.76. The molecule has 0 aliphatic rings. The van der Waals surface area contributed by atoms with Crippen molar-refractivity contribution >= 4 is 29.0 Å². The molecule has 0 saturated heterocycles. The van der Waals surface area contributed by atoms with Crippen LogP contribution in [0.3, 0.4) is 0 Å². The minimum absolute atomic E-state index is 0.564. The second-order valence-electron chi connectivity index (χ2n) is 2.06. The number of thiophene rings is 1. The molecule has 0 unspecified atom stereocenters. The predicted octanol–water partition coefficient (Wildman–Crippen LogP) is 2.85. The van der Waals surface area contributed by atoms with Gasteiger partial charge in [-0.15, -0.1) is 11.3 Å². The van der Waals surface area contributed by atoms with E-state index in [9.17, 15) is 5.21 Å². The van der Waals surface area contributed by atoms with Crippen molar-refractivity contribution in [2.75, 3.05) is 0 Å². The Labute approximate surface area is 74.1 Å². The molecule has 0 atom stereocenters. The van der Waals surface area contributed by atoms with Gasteiger partial charge in [-0.2, -0.15) is 0 Å². The molecule has 60 valence electrons. The number of nitrogens with one attached hydrogen (secondary N) is 1. The highest BCUT2D eigenvalue weighted by atomic mass is 35.5. The Balaban J connectivity index is 2.86. The number of rotatable bonds is 2. The molecule has 4 heteroatoms. The molecular weight excluding hydrogens is 182 g/mol. The summed E-state index contributed by atoms with van der Waals surface area (Å²) in [5.41, 5.74) is 2.35. The van der Waals surface area contributed by atoms with Crippen LogP contribution >= 0.6 is 22.9 Å². The van der Waals surface area contributed by atoms with Gasteiger partial charge in [0, 0.05) is 4.88 Å². The summed E-state index contributed by atoms with van der Waals surface area (Å²) in [6, 6.07) is 1.80. The van der Waals surface area contributed by atoms with Gasteiger partial charge < -0.3 is 10.7 Å². The molecule has 0 aromatic carbocycles. The molecule has 0 aliphatic heterocycles. The van der Waals surface area contributed by atoms with E-state index in [4.69, 9.17) is 11.6 Å². The molecule has 0 amide bonds. The average molecular weight is 189 g/mol. The number of hydrogen-bond donors (Lipinski definition) is 1. The first kappa shape index (κ1) is 8.59. The van der Waals surface area contributed by atoms with E-state index in [0.29, 0.717) is 10.7 Å². The van der Waals surface area contributed by atoms with Crippen LogP contribution in [0.25, 0.3) is 6.08 Å². The number of halogens is 1. The van der Waals surface area contributed by atoms with Crippen LogP contribution in [0.5, 0.6) is 0 Å². The van der Waals surface area contributed by atoms with E-state index < -0.39 is 0 Å². The van der Waals surface area contributed by atoms with E-state index >= 15 is 0 Å². The van der Waals surface area contributed by atoms with Gasteiger partial charge in [0.1, 0.15) is 0 Å². The molecule has 0 fully saturated rings. The summed E-state index contributed by atoms with van der Waals surface area (Å²) >= 11 is 7.28. The fourth-order valence-corrected chi connectivity index (χ4v) is 1.74. The lowest BCUT2D eigenvalue weighted by Gasteiger charge is -2.07. The van der Waals surface area contributed by atoms with Crippen molar-refractivity contribution in [2.45, 2.75) is 6.92 Å². The van der Waals surface area contributed by atoms with E-state index in [0.717, 1.165) is 4.88 Å². The molecule has 1 N–H and O–H groups in total. The number of hydroxylamine groups is 1. The maximum atomic E-state index is 10.1. The molecule has 2 nitrogen and oxygen atoms in total. The van der Waals surface area contributed by atoms with Gasteiger partial charge in [-0.25, -0.2) is 0 Å². The Morgan fingerprint density at radius 2 is 2.55 bits per heavy atom. The molecule has 0 spiro atoms. The second-order valence-corrected chi connectivity index (χ2v) is 3.42. The van der Waals surface area contributed by atoms with Gasteiger partial charge in [0.2, 0.25) is 0 Å². The van der Waals surface area contributed by atoms with Crippen molar-refractivity contribution in [3.8, 4) is 0 Å². The predicted molar refractivity (Wildman–Crippen MR) is 49.5 cm³/mol. The summed E-state index contributed by atoms with van der Waals surface area (Å²) in [5, 5.41) is 12.7. The number of hydrogen-bond acceptors (Lipinski definition) is 3. The maximum Gasteiger partial charge on any atom is 0.0586 e. The largest absolute Gasteiger partial charge is 0.761 e. The fraction of sp³-hybridized carbons (Fsp3) is 0.143. The average Bonchev–Trinajstić information content (AvgIpc) is 2.37. The van der Waals surface area contributed by atoms with Gasteiger partial charge in [0.15, 0.2) is 0 Å². The Morgan fingerprint density at radius 3 is 3.00 bits per heavy atom. The Bertz CT molecular complexity index is 269. The van der Waals surface area contributed by atoms with Crippen LogP contribution in [0, 0.1) is 5.21 Å². The Morgan fingerprint density at radius 1 is 1.82 bits per heavy atom. The van der Waals surface area contributed by atoms with Crippen molar-refractivity contribution < 1.29 is 0 Å². The van der Waals surface area contributed by atoms with Crippen molar-refractivity contribution in [1.29, 1.82) is 0 Å². The van der Waals surface area contributed by atoms with Gasteiger partial charge in [-0.3, -0.25) is 0 Å². The highest BCUT2D eigenvalue weighted by molar-refractivity contribution is 7.11. The summed E-state index contributed by atoms with van der Waals surface area (Å²) in [4.78, 5) is 0.910. The molecule has 1 aromatic heterocycles. The van der Waals surface area contributed by atoms with E-state index in [1.165, 1.54) is 11.3 Å². The van der Waals surface area contributed by atoms with Crippen molar-refractivity contribution in [3.63, 3.8) is 0 Å². The first-order valence-electron chi connectivity index (χ1n) is 3.03. The van der Waals surface area contributed by atoms with Crippen LogP contribution in [0.15, 0.2) is 17.1 Å². The summed E-state index contributed by atoms with van der Waals surface area (Å²) < 4.78 is 0. The topological polar surface area (TPSA) is 35.1 Å². The fourth-order valence-electron chi connectivity index (χ4n) is 0.635.